The van der Waals surface area contributed by atoms with Crippen LogP contribution in [0.2, 0.25) is 0 Å². The summed E-state index contributed by atoms with van der Waals surface area (Å²) in [6, 6.07) is 0. The van der Waals surface area contributed by atoms with Crippen molar-refractivity contribution >= 4 is 5.78 Å². The van der Waals surface area contributed by atoms with E-state index < -0.39 is 0 Å². The fourth-order valence-corrected chi connectivity index (χ4v) is 1.28. The predicted molar refractivity (Wildman–Crippen MR) is 52.3 cm³/mol. The van der Waals surface area contributed by atoms with Crippen molar-refractivity contribution in [3.8, 4) is 0 Å². The van der Waals surface area contributed by atoms with Crippen LogP contribution < -0.4 is 0 Å². The summed E-state index contributed by atoms with van der Waals surface area (Å²) in [6.45, 7) is 2.80. The minimum atomic E-state index is -0.0561. The quantitative estimate of drug-likeness (QED) is 0.735. The van der Waals surface area contributed by atoms with Crippen molar-refractivity contribution in [1.82, 2.24) is 25.2 Å². The Labute approximate surface area is 86.3 Å². The Hall–Kier alpha value is -1.98. The molecule has 0 fully saturated rings. The zero-order chi connectivity index (χ0) is 10.7. The molecule has 78 valence electrons. The molecule has 6 heteroatoms. The summed E-state index contributed by atoms with van der Waals surface area (Å²) >= 11 is 0. The molecule has 0 aliphatic carbocycles. The second-order valence-corrected chi connectivity index (χ2v) is 3.16. The van der Waals surface area contributed by atoms with E-state index >= 15 is 0 Å². The fraction of sp³-hybridized carbons (Fsp3) is 0.333. The molecule has 6 nitrogen and oxygen atoms in total. The van der Waals surface area contributed by atoms with Crippen LogP contribution in [0.5, 0.6) is 0 Å². The van der Waals surface area contributed by atoms with E-state index in [0.29, 0.717) is 12.1 Å². The van der Waals surface area contributed by atoms with Gasteiger partial charge in [0.05, 0.1) is 12.4 Å². The van der Waals surface area contributed by atoms with Gasteiger partial charge in [0.1, 0.15) is 5.69 Å². The Balaban J connectivity index is 2.06. The number of Topliss-reactive ketones (excluding diaryl/α,β-unsaturated/α-hetero) is 1. The van der Waals surface area contributed by atoms with Gasteiger partial charge >= 0.3 is 0 Å². The maximum absolute atomic E-state index is 11.6. The molecule has 0 unspecified atom stereocenters. The zero-order valence-electron chi connectivity index (χ0n) is 8.34. The first-order valence-corrected chi connectivity index (χ1v) is 4.70. The largest absolute Gasteiger partial charge is 0.292 e. The molecule has 0 aromatic carbocycles. The average molecular weight is 205 g/mol. The number of nitrogens with one attached hydrogen (secondary N) is 1. The van der Waals surface area contributed by atoms with E-state index in [4.69, 9.17) is 0 Å². The molecular weight excluding hydrogens is 194 g/mol. The van der Waals surface area contributed by atoms with Gasteiger partial charge in [-0.25, -0.2) is 0 Å². The molecule has 0 radical (unpaired) electrons. The fourth-order valence-electron chi connectivity index (χ4n) is 1.28. The van der Waals surface area contributed by atoms with Gasteiger partial charge in [-0.05, 0) is 12.5 Å². The first-order valence-electron chi connectivity index (χ1n) is 4.70. The van der Waals surface area contributed by atoms with E-state index in [1.807, 2.05) is 13.1 Å². The third-order valence-electron chi connectivity index (χ3n) is 2.08. The molecule has 0 spiro atoms. The van der Waals surface area contributed by atoms with Gasteiger partial charge in [0.25, 0.3) is 0 Å². The van der Waals surface area contributed by atoms with E-state index in [-0.39, 0.29) is 5.78 Å². The molecule has 2 rings (SSSR count). The first kappa shape index (κ1) is 9.57. The van der Waals surface area contributed by atoms with Crippen molar-refractivity contribution in [3.05, 3.63) is 29.8 Å². The summed E-state index contributed by atoms with van der Waals surface area (Å²) in [5.41, 5.74) is 1.25. The van der Waals surface area contributed by atoms with E-state index in [2.05, 4.69) is 20.5 Å². The number of carbonyl (C=O) groups is 1. The summed E-state index contributed by atoms with van der Waals surface area (Å²) in [6.07, 6.45) is 5.29. The van der Waals surface area contributed by atoms with Crippen LogP contribution in [0.1, 0.15) is 23.0 Å². The van der Waals surface area contributed by atoms with Crippen LogP contribution in [0.25, 0.3) is 0 Å². The number of aromatic amines is 1. The lowest BCUT2D eigenvalue weighted by Gasteiger charge is -1.93. The summed E-state index contributed by atoms with van der Waals surface area (Å²) in [7, 11) is 0. The van der Waals surface area contributed by atoms with Crippen molar-refractivity contribution in [2.75, 3.05) is 0 Å². The maximum Gasteiger partial charge on any atom is 0.189 e. The monoisotopic (exact) mass is 205 g/mol. The molecule has 0 saturated carbocycles. The zero-order valence-corrected chi connectivity index (χ0v) is 8.34. The second kappa shape index (κ2) is 4.04. The Morgan fingerprint density at radius 1 is 1.53 bits per heavy atom. The Morgan fingerprint density at radius 3 is 3.00 bits per heavy atom. The molecule has 0 atom stereocenters. The molecule has 0 amide bonds. The van der Waals surface area contributed by atoms with Gasteiger partial charge in [-0.1, -0.05) is 0 Å². The predicted octanol–water partition coefficient (Wildman–Crippen LogP) is 0.446. The van der Waals surface area contributed by atoms with Gasteiger partial charge in [0, 0.05) is 19.2 Å². The number of H-pyrrole nitrogens is 1. The van der Waals surface area contributed by atoms with E-state index in [0.717, 1.165) is 12.1 Å². The average Bonchev–Trinajstić information content (AvgIpc) is 2.87. The van der Waals surface area contributed by atoms with E-state index in [1.165, 1.54) is 6.20 Å². The third kappa shape index (κ3) is 2.09. The molecule has 0 aliphatic rings. The number of carbonyl (C=O) groups excluding carboxylic acids is 1. The number of nitrogens with zero attached hydrogens (tertiary/aromatic N) is 4. The summed E-state index contributed by atoms with van der Waals surface area (Å²) in [5.74, 6) is -0.0561. The van der Waals surface area contributed by atoms with Crippen molar-refractivity contribution in [2.45, 2.75) is 19.9 Å². The molecule has 0 bridgehead atoms. The maximum atomic E-state index is 11.6. The number of hydrogen-bond acceptors (Lipinski definition) is 4. The van der Waals surface area contributed by atoms with Crippen LogP contribution in [0.3, 0.4) is 0 Å². The van der Waals surface area contributed by atoms with Crippen molar-refractivity contribution in [1.29, 1.82) is 0 Å². The van der Waals surface area contributed by atoms with Gasteiger partial charge in [-0.2, -0.15) is 20.5 Å². The highest BCUT2D eigenvalue weighted by Crippen LogP contribution is 2.03. The van der Waals surface area contributed by atoms with Gasteiger partial charge in [0.15, 0.2) is 5.78 Å². The Morgan fingerprint density at radius 2 is 2.40 bits per heavy atom. The molecule has 1 N–H and O–H groups in total. The lowest BCUT2D eigenvalue weighted by atomic mass is 10.1. The van der Waals surface area contributed by atoms with Crippen LogP contribution in [0.15, 0.2) is 18.6 Å². The number of hydrogen-bond donors (Lipinski definition) is 1. The molecule has 2 aromatic rings. The topological polar surface area (TPSA) is 76.5 Å². The third-order valence-corrected chi connectivity index (χ3v) is 2.08. The number of aryl methyl sites for hydroxylation is 1. The second-order valence-electron chi connectivity index (χ2n) is 3.16. The van der Waals surface area contributed by atoms with Crippen molar-refractivity contribution in [2.24, 2.45) is 0 Å². The summed E-state index contributed by atoms with van der Waals surface area (Å²) in [4.78, 5) is 11.6. The number of rotatable bonds is 4. The molecule has 2 aromatic heterocycles. The van der Waals surface area contributed by atoms with Crippen molar-refractivity contribution in [3.63, 3.8) is 0 Å². The molecule has 0 saturated heterocycles. The highest BCUT2D eigenvalue weighted by molar-refractivity contribution is 5.95. The highest BCUT2D eigenvalue weighted by Gasteiger charge is 2.10. The Bertz CT molecular complexity index is 445. The van der Waals surface area contributed by atoms with Gasteiger partial charge in [-0.15, -0.1) is 0 Å². The van der Waals surface area contributed by atoms with Crippen LogP contribution in [0.4, 0.5) is 0 Å². The Kier molecular flexibility index (Phi) is 2.57. The van der Waals surface area contributed by atoms with E-state index in [1.54, 1.807) is 10.9 Å². The van der Waals surface area contributed by atoms with Gasteiger partial charge in [-0.3, -0.25) is 9.48 Å². The van der Waals surface area contributed by atoms with Crippen LogP contribution in [0, 0.1) is 0 Å². The van der Waals surface area contributed by atoms with Crippen LogP contribution in [-0.4, -0.2) is 31.0 Å². The smallest absolute Gasteiger partial charge is 0.189 e. The van der Waals surface area contributed by atoms with E-state index in [9.17, 15) is 4.79 Å². The number of aromatic nitrogens is 5. The minimum absolute atomic E-state index is 0.0561. The normalized spacial score (nSPS) is 10.5. The van der Waals surface area contributed by atoms with Gasteiger partial charge in [0.2, 0.25) is 0 Å². The summed E-state index contributed by atoms with van der Waals surface area (Å²) in [5, 5.41) is 13.8. The SMILES string of the molecule is CCn1cc(CC(=O)c2cn[nH]n2)cn1. The molecule has 0 aliphatic heterocycles. The number of ketones is 1. The minimum Gasteiger partial charge on any atom is -0.292 e. The van der Waals surface area contributed by atoms with Crippen molar-refractivity contribution < 1.29 is 4.79 Å². The molecular formula is C9H11N5O. The van der Waals surface area contributed by atoms with Crippen LogP contribution >= 0.6 is 0 Å². The lowest BCUT2D eigenvalue weighted by molar-refractivity contribution is 0.0988. The summed E-state index contributed by atoms with van der Waals surface area (Å²) < 4.78 is 1.78. The van der Waals surface area contributed by atoms with Gasteiger partial charge < -0.3 is 0 Å². The first-order chi connectivity index (χ1) is 7.29. The van der Waals surface area contributed by atoms with Crippen LogP contribution in [-0.2, 0) is 13.0 Å². The highest BCUT2D eigenvalue weighted by atomic mass is 16.1. The standard InChI is InChI=1S/C9H11N5O/c1-2-14-6-7(4-11-14)3-9(15)8-5-10-13-12-8/h4-6H,2-3H2,1H3,(H,10,12,13). The molecule has 15 heavy (non-hydrogen) atoms. The molecule has 2 heterocycles. The lowest BCUT2D eigenvalue weighted by Crippen LogP contribution is -2.03.